The van der Waals surface area contributed by atoms with Gasteiger partial charge in [-0.1, -0.05) is 27.7 Å². The molecule has 5 fully saturated rings. The van der Waals surface area contributed by atoms with Gasteiger partial charge in [0, 0.05) is 6.61 Å². The third kappa shape index (κ3) is 3.30. The average molecular weight is 461 g/mol. The zero-order chi connectivity index (χ0) is 24.1. The van der Waals surface area contributed by atoms with Crippen LogP contribution in [0.3, 0.4) is 0 Å². The van der Waals surface area contributed by atoms with Crippen LogP contribution < -0.4 is 0 Å². The highest BCUT2D eigenvalue weighted by Gasteiger charge is 2.71. The SMILES string of the molecule is C[C@@H](CC[C@H]1OC1(C)C)[C@@H]1CC[C@]2(C)[C@H]3CC[C@@]4(C(C)(C)O)OCCC[C@H]4[C@]3(C)CC[C@@]12C. The minimum absolute atomic E-state index is 0.123. The molecule has 5 rings (SSSR count). The molecule has 0 bridgehead atoms. The Kier molecular flexibility index (Phi) is 5.55. The maximum atomic E-state index is 11.4. The highest BCUT2D eigenvalue weighted by Crippen LogP contribution is 2.75. The molecule has 9 atom stereocenters. The summed E-state index contributed by atoms with van der Waals surface area (Å²) in [6.07, 6.45) is 13.1. The Labute approximate surface area is 203 Å². The number of epoxide rings is 1. The molecular weight excluding hydrogens is 408 g/mol. The van der Waals surface area contributed by atoms with Crippen LogP contribution in [0, 0.1) is 39.9 Å². The fraction of sp³-hybridized carbons (Fsp3) is 1.00. The van der Waals surface area contributed by atoms with Gasteiger partial charge in [-0.2, -0.15) is 0 Å². The number of aliphatic hydroxyl groups is 1. The van der Waals surface area contributed by atoms with Crippen molar-refractivity contribution in [2.75, 3.05) is 6.61 Å². The molecule has 2 heterocycles. The first-order valence-electron chi connectivity index (χ1n) is 14.3. The summed E-state index contributed by atoms with van der Waals surface area (Å²) in [5, 5.41) is 11.4. The van der Waals surface area contributed by atoms with Crippen LogP contribution in [0.4, 0.5) is 0 Å². The third-order valence-electron chi connectivity index (χ3n) is 12.8. The van der Waals surface area contributed by atoms with Crippen molar-refractivity contribution in [2.45, 2.75) is 143 Å². The molecule has 0 amide bonds. The first-order valence-corrected chi connectivity index (χ1v) is 14.3. The van der Waals surface area contributed by atoms with E-state index in [0.717, 1.165) is 37.2 Å². The van der Waals surface area contributed by atoms with E-state index in [9.17, 15) is 5.11 Å². The van der Waals surface area contributed by atoms with Crippen LogP contribution in [0.5, 0.6) is 0 Å². The molecule has 2 aliphatic heterocycles. The fourth-order valence-corrected chi connectivity index (χ4v) is 10.5. The van der Waals surface area contributed by atoms with Crippen molar-refractivity contribution in [1.82, 2.24) is 0 Å². The van der Waals surface area contributed by atoms with Gasteiger partial charge in [0.15, 0.2) is 0 Å². The maximum Gasteiger partial charge on any atom is 0.0995 e. The Morgan fingerprint density at radius 3 is 2.24 bits per heavy atom. The molecule has 0 spiro atoms. The molecule has 3 aliphatic carbocycles. The van der Waals surface area contributed by atoms with Gasteiger partial charge in [0.2, 0.25) is 0 Å². The van der Waals surface area contributed by atoms with Crippen molar-refractivity contribution in [1.29, 1.82) is 0 Å². The van der Waals surface area contributed by atoms with Crippen LogP contribution >= 0.6 is 0 Å². The van der Waals surface area contributed by atoms with Crippen LogP contribution in [0.1, 0.15) is 120 Å². The number of fused-ring (bicyclic) bond motifs is 5. The van der Waals surface area contributed by atoms with E-state index in [-0.39, 0.29) is 16.6 Å². The number of ether oxygens (including phenoxy) is 2. The summed E-state index contributed by atoms with van der Waals surface area (Å²) in [5.74, 6) is 2.83. The number of hydrogen-bond acceptors (Lipinski definition) is 3. The van der Waals surface area contributed by atoms with Gasteiger partial charge in [-0.05, 0) is 132 Å². The van der Waals surface area contributed by atoms with Gasteiger partial charge in [-0.3, -0.25) is 0 Å². The van der Waals surface area contributed by atoms with Crippen LogP contribution in [0.2, 0.25) is 0 Å². The quantitative estimate of drug-likeness (QED) is 0.443. The van der Waals surface area contributed by atoms with Crippen molar-refractivity contribution in [3.8, 4) is 0 Å². The summed E-state index contributed by atoms with van der Waals surface area (Å²) in [4.78, 5) is 0. The Balaban J connectivity index is 1.40. The average Bonchev–Trinajstić information content (AvgIpc) is 3.25. The predicted molar refractivity (Wildman–Crippen MR) is 134 cm³/mol. The Morgan fingerprint density at radius 2 is 1.61 bits per heavy atom. The zero-order valence-corrected chi connectivity index (χ0v) is 22.9. The Hall–Kier alpha value is -0.120. The smallest absolute Gasteiger partial charge is 0.0995 e. The lowest BCUT2D eigenvalue weighted by Gasteiger charge is -2.69. The van der Waals surface area contributed by atoms with Crippen molar-refractivity contribution in [3.05, 3.63) is 0 Å². The Bertz CT molecular complexity index is 769. The molecule has 1 N–H and O–H groups in total. The van der Waals surface area contributed by atoms with E-state index in [1.165, 1.54) is 51.4 Å². The van der Waals surface area contributed by atoms with Gasteiger partial charge < -0.3 is 14.6 Å². The molecule has 0 unspecified atom stereocenters. The second-order valence-corrected chi connectivity index (χ2v) is 14.8. The van der Waals surface area contributed by atoms with E-state index < -0.39 is 5.60 Å². The lowest BCUT2D eigenvalue weighted by molar-refractivity contribution is -0.291. The largest absolute Gasteiger partial charge is 0.387 e. The molecule has 0 aromatic rings. The predicted octanol–water partition coefficient (Wildman–Crippen LogP) is 7.15. The maximum absolute atomic E-state index is 11.4. The van der Waals surface area contributed by atoms with E-state index in [1.807, 2.05) is 13.8 Å². The van der Waals surface area contributed by atoms with Crippen LogP contribution in [-0.2, 0) is 9.47 Å². The Morgan fingerprint density at radius 1 is 0.909 bits per heavy atom. The van der Waals surface area contributed by atoms with Crippen molar-refractivity contribution in [2.24, 2.45) is 39.9 Å². The minimum atomic E-state index is -0.779. The summed E-state index contributed by atoms with van der Waals surface area (Å²) in [5.41, 5.74) is 0.0921. The lowest BCUT2D eigenvalue weighted by atomic mass is 9.37. The normalized spacial score (nSPS) is 51.9. The highest BCUT2D eigenvalue weighted by molar-refractivity contribution is 5.20. The van der Waals surface area contributed by atoms with Crippen LogP contribution in [-0.4, -0.2) is 34.6 Å². The van der Waals surface area contributed by atoms with Crippen LogP contribution in [0.25, 0.3) is 0 Å². The fourth-order valence-electron chi connectivity index (χ4n) is 10.5. The lowest BCUT2D eigenvalue weighted by Crippen LogP contribution is -2.69. The van der Waals surface area contributed by atoms with E-state index in [4.69, 9.17) is 9.47 Å². The molecule has 3 nitrogen and oxygen atoms in total. The molecule has 0 radical (unpaired) electrons. The molecule has 2 saturated heterocycles. The molecule has 0 aromatic heterocycles. The topological polar surface area (TPSA) is 42.0 Å². The van der Waals surface area contributed by atoms with E-state index in [0.29, 0.717) is 22.9 Å². The van der Waals surface area contributed by atoms with Gasteiger partial charge >= 0.3 is 0 Å². The molecule has 33 heavy (non-hydrogen) atoms. The summed E-state index contributed by atoms with van der Waals surface area (Å²) in [6.45, 7) is 19.8. The first-order chi connectivity index (χ1) is 15.2. The molecule has 190 valence electrons. The van der Waals surface area contributed by atoms with Crippen molar-refractivity contribution >= 4 is 0 Å². The zero-order valence-electron chi connectivity index (χ0n) is 22.9. The second kappa shape index (κ2) is 7.45. The summed E-state index contributed by atoms with van der Waals surface area (Å²) in [7, 11) is 0. The standard InChI is InChI=1S/C30H52O3/c1-20(11-12-24-25(2,3)33-24)21-13-15-29(8)22-14-16-30(26(4,5)31)23(10-9-19-32-30)27(22,6)17-18-28(21,29)7/h20-24,31H,9-19H2,1-8H3/t20-,21-,22-,23-,24+,27+,28-,29+,30+/m0/s1. The molecule has 3 saturated carbocycles. The summed E-state index contributed by atoms with van der Waals surface area (Å²) < 4.78 is 12.5. The van der Waals surface area contributed by atoms with Gasteiger partial charge in [0.25, 0.3) is 0 Å². The van der Waals surface area contributed by atoms with Gasteiger partial charge in [0.05, 0.1) is 22.9 Å². The second-order valence-electron chi connectivity index (χ2n) is 14.8. The molecular formula is C30H52O3. The van der Waals surface area contributed by atoms with Crippen molar-refractivity contribution < 1.29 is 14.6 Å². The minimum Gasteiger partial charge on any atom is -0.387 e. The van der Waals surface area contributed by atoms with Crippen molar-refractivity contribution in [3.63, 3.8) is 0 Å². The van der Waals surface area contributed by atoms with Gasteiger partial charge in [-0.25, -0.2) is 0 Å². The molecule has 3 heteroatoms. The summed E-state index contributed by atoms with van der Waals surface area (Å²) in [6, 6.07) is 0. The first kappa shape index (κ1) is 24.6. The molecule has 5 aliphatic rings. The third-order valence-corrected chi connectivity index (χ3v) is 12.8. The van der Waals surface area contributed by atoms with E-state index >= 15 is 0 Å². The van der Waals surface area contributed by atoms with Crippen LogP contribution in [0.15, 0.2) is 0 Å². The van der Waals surface area contributed by atoms with E-state index in [2.05, 4.69) is 41.5 Å². The van der Waals surface area contributed by atoms with E-state index in [1.54, 1.807) is 0 Å². The highest BCUT2D eigenvalue weighted by atomic mass is 16.6. The number of rotatable bonds is 5. The van der Waals surface area contributed by atoms with Gasteiger partial charge in [0.1, 0.15) is 0 Å². The monoisotopic (exact) mass is 460 g/mol. The summed E-state index contributed by atoms with van der Waals surface area (Å²) >= 11 is 0. The van der Waals surface area contributed by atoms with Gasteiger partial charge in [-0.15, -0.1) is 0 Å². The molecule has 0 aromatic carbocycles. The number of hydrogen-bond donors (Lipinski definition) is 1.